The molecule has 0 saturated carbocycles. The lowest BCUT2D eigenvalue weighted by atomic mass is 10.0. The highest BCUT2D eigenvalue weighted by atomic mass is 35.5. The second kappa shape index (κ2) is 15.2. The quantitative estimate of drug-likeness (QED) is 0.178. The number of benzene rings is 4. The molecule has 0 aliphatic heterocycles. The minimum atomic E-state index is -4.32. The Bertz CT molecular complexity index is 1680. The summed E-state index contributed by atoms with van der Waals surface area (Å²) in [6.45, 7) is 5.13. The largest absolute Gasteiger partial charge is 0.352 e. The van der Waals surface area contributed by atoms with E-state index in [9.17, 15) is 22.4 Å². The van der Waals surface area contributed by atoms with Gasteiger partial charge in [0.05, 0.1) is 10.6 Å². The van der Waals surface area contributed by atoms with Gasteiger partial charge in [-0.05, 0) is 79.9 Å². The first kappa shape index (κ1) is 33.7. The van der Waals surface area contributed by atoms with Crippen LogP contribution in [0.25, 0.3) is 0 Å². The van der Waals surface area contributed by atoms with Crippen molar-refractivity contribution in [3.05, 3.63) is 131 Å². The van der Waals surface area contributed by atoms with E-state index in [-0.39, 0.29) is 35.5 Å². The predicted molar refractivity (Wildman–Crippen MR) is 176 cm³/mol. The lowest BCUT2D eigenvalue weighted by Crippen LogP contribution is -2.54. The van der Waals surface area contributed by atoms with Crippen LogP contribution < -0.4 is 9.62 Å². The minimum absolute atomic E-state index is 0.0275. The van der Waals surface area contributed by atoms with Gasteiger partial charge in [-0.25, -0.2) is 12.8 Å². The number of halogens is 2. The molecule has 10 heteroatoms. The van der Waals surface area contributed by atoms with Gasteiger partial charge in [0.2, 0.25) is 11.8 Å². The van der Waals surface area contributed by atoms with Crippen LogP contribution in [-0.2, 0) is 32.6 Å². The zero-order chi connectivity index (χ0) is 32.6. The average Bonchev–Trinajstić information content (AvgIpc) is 3.03. The fourth-order valence-corrected chi connectivity index (χ4v) is 6.30. The molecule has 0 aliphatic rings. The summed E-state index contributed by atoms with van der Waals surface area (Å²) in [7, 11) is -4.32. The maximum atomic E-state index is 14.4. The third-order valence-electron chi connectivity index (χ3n) is 7.54. The van der Waals surface area contributed by atoms with Crippen LogP contribution in [0, 0.1) is 12.7 Å². The molecule has 4 aromatic rings. The van der Waals surface area contributed by atoms with Crippen LogP contribution in [0.5, 0.6) is 0 Å². The van der Waals surface area contributed by atoms with Crippen LogP contribution in [0.2, 0.25) is 5.02 Å². The van der Waals surface area contributed by atoms with Crippen molar-refractivity contribution in [1.29, 1.82) is 0 Å². The first-order valence-corrected chi connectivity index (χ1v) is 16.5. The number of hydrogen-bond donors (Lipinski definition) is 1. The molecule has 1 N–H and O–H groups in total. The number of carbonyl (C=O) groups is 2. The van der Waals surface area contributed by atoms with E-state index in [1.165, 1.54) is 17.0 Å². The first-order valence-electron chi connectivity index (χ1n) is 14.7. The van der Waals surface area contributed by atoms with Gasteiger partial charge in [-0.3, -0.25) is 13.9 Å². The summed E-state index contributed by atoms with van der Waals surface area (Å²) in [6, 6.07) is 26.3. The Morgan fingerprint density at radius 1 is 0.867 bits per heavy atom. The van der Waals surface area contributed by atoms with Crippen LogP contribution in [0.3, 0.4) is 0 Å². The highest BCUT2D eigenvalue weighted by Crippen LogP contribution is 2.26. The summed E-state index contributed by atoms with van der Waals surface area (Å²) >= 11 is 6.13. The Labute approximate surface area is 269 Å². The molecule has 0 saturated heterocycles. The number of anilines is 1. The summed E-state index contributed by atoms with van der Waals surface area (Å²) in [4.78, 5) is 29.6. The van der Waals surface area contributed by atoms with E-state index in [2.05, 4.69) is 5.32 Å². The number of amides is 2. The minimum Gasteiger partial charge on any atom is -0.352 e. The molecule has 0 aliphatic carbocycles. The van der Waals surface area contributed by atoms with Crippen LogP contribution in [0.15, 0.2) is 108 Å². The zero-order valence-corrected chi connectivity index (χ0v) is 27.1. The van der Waals surface area contributed by atoms with Crippen molar-refractivity contribution in [2.24, 2.45) is 0 Å². The number of sulfonamides is 1. The smallest absolute Gasteiger partial charge is 0.264 e. The second-order valence-electron chi connectivity index (χ2n) is 11.0. The Kier molecular flexibility index (Phi) is 11.4. The highest BCUT2D eigenvalue weighted by Gasteiger charge is 2.35. The highest BCUT2D eigenvalue weighted by molar-refractivity contribution is 7.92. The van der Waals surface area contributed by atoms with E-state index < -0.39 is 34.3 Å². The predicted octanol–water partition coefficient (Wildman–Crippen LogP) is 6.54. The molecule has 2 amide bonds. The Morgan fingerprint density at radius 3 is 2.09 bits per heavy atom. The molecule has 4 rings (SSSR count). The third-order valence-corrected chi connectivity index (χ3v) is 9.58. The SMILES string of the molecule is CC[C@@H](C)NC(=O)[C@@H](Cc1ccccc1)N(Cc1ccc(Cl)cc1)C(=O)CN(c1ccc(C)cc1)S(=O)(=O)c1ccc(F)cc1. The van der Waals surface area contributed by atoms with Gasteiger partial charge in [-0.2, -0.15) is 0 Å². The molecule has 0 aromatic heterocycles. The fraction of sp³-hybridized carbons (Fsp3) is 0.257. The Hall–Kier alpha value is -4.21. The normalized spacial score (nSPS) is 12.6. The van der Waals surface area contributed by atoms with Gasteiger partial charge in [0.25, 0.3) is 10.0 Å². The third kappa shape index (κ3) is 8.93. The molecule has 0 fully saturated rings. The number of carbonyl (C=O) groups excluding carboxylic acids is 2. The summed E-state index contributed by atoms with van der Waals surface area (Å²) in [6.07, 6.45) is 0.893. The molecule has 7 nitrogen and oxygen atoms in total. The summed E-state index contributed by atoms with van der Waals surface area (Å²) < 4.78 is 42.7. The summed E-state index contributed by atoms with van der Waals surface area (Å²) in [5.74, 6) is -1.52. The topological polar surface area (TPSA) is 86.8 Å². The van der Waals surface area contributed by atoms with Crippen molar-refractivity contribution in [3.8, 4) is 0 Å². The van der Waals surface area contributed by atoms with Crippen LogP contribution in [0.1, 0.15) is 37.0 Å². The second-order valence-corrected chi connectivity index (χ2v) is 13.3. The molecule has 0 spiro atoms. The van der Waals surface area contributed by atoms with Crippen LogP contribution in [0.4, 0.5) is 10.1 Å². The molecule has 0 bridgehead atoms. The monoisotopic (exact) mass is 649 g/mol. The fourth-order valence-electron chi connectivity index (χ4n) is 4.76. The molecular weight excluding hydrogens is 613 g/mol. The van der Waals surface area contributed by atoms with Crippen molar-refractivity contribution in [2.45, 2.75) is 57.1 Å². The number of hydrogen-bond acceptors (Lipinski definition) is 4. The number of rotatable bonds is 13. The van der Waals surface area contributed by atoms with Crippen LogP contribution >= 0.6 is 11.6 Å². The van der Waals surface area contributed by atoms with E-state index in [0.717, 1.165) is 27.6 Å². The van der Waals surface area contributed by atoms with Gasteiger partial charge in [0.15, 0.2) is 0 Å². The summed E-state index contributed by atoms with van der Waals surface area (Å²) in [5, 5.41) is 3.53. The van der Waals surface area contributed by atoms with Gasteiger partial charge in [-0.1, -0.05) is 78.7 Å². The number of nitrogens with zero attached hydrogens (tertiary/aromatic N) is 2. The Balaban J connectivity index is 1.80. The van der Waals surface area contributed by atoms with Crippen molar-refractivity contribution in [3.63, 3.8) is 0 Å². The van der Waals surface area contributed by atoms with Gasteiger partial charge >= 0.3 is 0 Å². The standard InChI is InChI=1S/C35H37ClFN3O4S/c1-4-26(3)38-35(42)33(22-27-8-6-5-7-9-27)39(23-28-12-14-29(36)15-13-28)34(41)24-40(31-18-10-25(2)11-19-31)45(43,44)32-20-16-30(37)17-21-32/h5-21,26,33H,4,22-24H2,1-3H3,(H,38,42)/t26-,33-/m1/s1. The van der Waals surface area contributed by atoms with Crippen LogP contribution in [-0.4, -0.2) is 43.8 Å². The van der Waals surface area contributed by atoms with Gasteiger partial charge in [-0.15, -0.1) is 0 Å². The first-order chi connectivity index (χ1) is 21.5. The van der Waals surface area contributed by atoms with E-state index in [1.54, 1.807) is 48.5 Å². The molecule has 236 valence electrons. The maximum Gasteiger partial charge on any atom is 0.264 e. The lowest BCUT2D eigenvalue weighted by Gasteiger charge is -2.34. The zero-order valence-electron chi connectivity index (χ0n) is 25.5. The van der Waals surface area contributed by atoms with Crippen molar-refractivity contribution in [1.82, 2.24) is 10.2 Å². The molecule has 0 unspecified atom stereocenters. The molecule has 4 aromatic carbocycles. The summed E-state index contributed by atoms with van der Waals surface area (Å²) in [5.41, 5.74) is 2.71. The lowest BCUT2D eigenvalue weighted by molar-refractivity contribution is -0.140. The van der Waals surface area contributed by atoms with Gasteiger partial charge in [0.1, 0.15) is 18.4 Å². The molecule has 0 heterocycles. The van der Waals surface area contributed by atoms with Gasteiger partial charge in [0, 0.05) is 24.0 Å². The molecule has 45 heavy (non-hydrogen) atoms. The average molecular weight is 650 g/mol. The van der Waals surface area contributed by atoms with E-state index in [4.69, 9.17) is 11.6 Å². The Morgan fingerprint density at radius 2 is 1.49 bits per heavy atom. The van der Waals surface area contributed by atoms with Crippen molar-refractivity contribution in [2.75, 3.05) is 10.8 Å². The molecule has 0 radical (unpaired) electrons. The van der Waals surface area contributed by atoms with E-state index in [0.29, 0.717) is 17.0 Å². The van der Waals surface area contributed by atoms with Crippen molar-refractivity contribution >= 4 is 39.1 Å². The number of aryl methyl sites for hydroxylation is 1. The van der Waals surface area contributed by atoms with E-state index in [1.807, 2.05) is 51.1 Å². The molecular formula is C35H37ClFN3O4S. The number of nitrogens with one attached hydrogen (secondary N) is 1. The maximum absolute atomic E-state index is 14.4. The molecule has 2 atom stereocenters. The van der Waals surface area contributed by atoms with E-state index >= 15 is 0 Å². The van der Waals surface area contributed by atoms with Crippen molar-refractivity contribution < 1.29 is 22.4 Å². The van der Waals surface area contributed by atoms with Gasteiger partial charge < -0.3 is 10.2 Å².